The van der Waals surface area contributed by atoms with Crippen LogP contribution in [0.1, 0.15) is 26.3 Å². The van der Waals surface area contributed by atoms with Gasteiger partial charge in [0.2, 0.25) is 0 Å². The molecule has 3 N–H and O–H groups in total. The third-order valence-corrected chi connectivity index (χ3v) is 2.36. The maximum Gasteiger partial charge on any atom is 0.126 e. The summed E-state index contributed by atoms with van der Waals surface area (Å²) in [6.45, 7) is 6.17. The number of nitrogens with one attached hydrogen (secondary N) is 1. The zero-order valence-electron chi connectivity index (χ0n) is 11.0. The topological polar surface area (TPSA) is 47.3 Å². The standard InChI is InChI=1S/C13H20F2N2O/c1-13(2,3)18-8-12(17-16)6-9-4-10(14)7-11(15)5-9/h4-5,7,12,17H,6,8,16H2,1-3H3. The SMILES string of the molecule is CC(C)(C)OCC(Cc1cc(F)cc(F)c1)NN. The molecule has 1 atom stereocenters. The van der Waals surface area contributed by atoms with Gasteiger partial charge in [0.05, 0.1) is 12.2 Å². The van der Waals surface area contributed by atoms with Gasteiger partial charge in [0.1, 0.15) is 11.6 Å². The highest BCUT2D eigenvalue weighted by atomic mass is 19.1. The van der Waals surface area contributed by atoms with Gasteiger partial charge in [-0.1, -0.05) is 0 Å². The summed E-state index contributed by atoms with van der Waals surface area (Å²) in [6, 6.07) is 3.25. The molecule has 0 heterocycles. The third-order valence-electron chi connectivity index (χ3n) is 2.36. The van der Waals surface area contributed by atoms with Crippen molar-refractivity contribution in [3.05, 3.63) is 35.4 Å². The minimum Gasteiger partial charge on any atom is -0.374 e. The molecule has 0 saturated carbocycles. The number of ether oxygens (including phenoxy) is 1. The molecular formula is C13H20F2N2O. The van der Waals surface area contributed by atoms with Crippen molar-refractivity contribution in [1.29, 1.82) is 0 Å². The summed E-state index contributed by atoms with van der Waals surface area (Å²) >= 11 is 0. The zero-order valence-corrected chi connectivity index (χ0v) is 11.0. The molecule has 0 aromatic heterocycles. The second kappa shape index (κ2) is 6.22. The molecule has 0 aliphatic carbocycles. The fraction of sp³-hybridized carbons (Fsp3) is 0.538. The molecule has 0 amide bonds. The molecule has 0 fully saturated rings. The summed E-state index contributed by atoms with van der Waals surface area (Å²) in [6.07, 6.45) is 0.404. The second-order valence-corrected chi connectivity index (χ2v) is 5.27. The summed E-state index contributed by atoms with van der Waals surface area (Å²) in [5.74, 6) is 4.24. The van der Waals surface area contributed by atoms with Crippen LogP contribution in [0.3, 0.4) is 0 Å². The maximum absolute atomic E-state index is 13.0. The Kier molecular flexibility index (Phi) is 5.19. The van der Waals surface area contributed by atoms with Crippen LogP contribution in [0.25, 0.3) is 0 Å². The average molecular weight is 258 g/mol. The Morgan fingerprint density at radius 1 is 1.22 bits per heavy atom. The lowest BCUT2D eigenvalue weighted by atomic mass is 10.1. The predicted octanol–water partition coefficient (Wildman–Crippen LogP) is 2.15. The van der Waals surface area contributed by atoms with Crippen molar-refractivity contribution in [2.24, 2.45) is 5.84 Å². The molecular weight excluding hydrogens is 238 g/mol. The van der Waals surface area contributed by atoms with Gasteiger partial charge in [-0.15, -0.1) is 0 Å². The third kappa shape index (κ3) is 5.53. The Morgan fingerprint density at radius 2 is 1.78 bits per heavy atom. The number of hydrogen-bond acceptors (Lipinski definition) is 3. The van der Waals surface area contributed by atoms with E-state index in [1.54, 1.807) is 0 Å². The fourth-order valence-electron chi connectivity index (χ4n) is 1.53. The normalized spacial score (nSPS) is 13.7. The predicted molar refractivity (Wildman–Crippen MR) is 66.9 cm³/mol. The van der Waals surface area contributed by atoms with Crippen LogP contribution < -0.4 is 11.3 Å². The van der Waals surface area contributed by atoms with Crippen LogP contribution in [-0.2, 0) is 11.2 Å². The lowest BCUT2D eigenvalue weighted by molar-refractivity contribution is -0.0143. The van der Waals surface area contributed by atoms with Crippen LogP contribution in [0.5, 0.6) is 0 Å². The molecule has 1 unspecified atom stereocenters. The van der Waals surface area contributed by atoms with E-state index < -0.39 is 11.6 Å². The largest absolute Gasteiger partial charge is 0.374 e. The van der Waals surface area contributed by atoms with E-state index in [9.17, 15) is 8.78 Å². The lowest BCUT2D eigenvalue weighted by Crippen LogP contribution is -2.42. The summed E-state index contributed by atoms with van der Waals surface area (Å²) in [5, 5.41) is 0. The molecule has 0 saturated heterocycles. The van der Waals surface area contributed by atoms with Gasteiger partial charge in [-0.3, -0.25) is 11.3 Å². The van der Waals surface area contributed by atoms with Crippen molar-refractivity contribution in [2.45, 2.75) is 38.8 Å². The van der Waals surface area contributed by atoms with Crippen LogP contribution in [0, 0.1) is 11.6 Å². The summed E-state index contributed by atoms with van der Waals surface area (Å²) in [5.41, 5.74) is 2.87. The van der Waals surface area contributed by atoms with E-state index in [1.807, 2.05) is 20.8 Å². The molecule has 3 nitrogen and oxygen atoms in total. The molecule has 5 heteroatoms. The van der Waals surface area contributed by atoms with E-state index in [1.165, 1.54) is 12.1 Å². The average Bonchev–Trinajstić information content (AvgIpc) is 2.21. The smallest absolute Gasteiger partial charge is 0.126 e. The first-order chi connectivity index (χ1) is 8.30. The number of hydrazine groups is 1. The first-order valence-corrected chi connectivity index (χ1v) is 5.85. The van der Waals surface area contributed by atoms with E-state index in [-0.39, 0.29) is 11.6 Å². The van der Waals surface area contributed by atoms with Gasteiger partial charge in [-0.25, -0.2) is 8.78 Å². The Bertz CT molecular complexity index is 371. The van der Waals surface area contributed by atoms with E-state index >= 15 is 0 Å². The fourth-order valence-corrected chi connectivity index (χ4v) is 1.53. The van der Waals surface area contributed by atoms with Gasteiger partial charge < -0.3 is 4.74 Å². The van der Waals surface area contributed by atoms with E-state index in [2.05, 4.69) is 5.43 Å². The highest BCUT2D eigenvalue weighted by Crippen LogP contribution is 2.12. The Balaban J connectivity index is 2.62. The Hall–Kier alpha value is -1.04. The molecule has 0 aliphatic heterocycles. The molecule has 1 aromatic carbocycles. The molecule has 1 aromatic rings. The van der Waals surface area contributed by atoms with E-state index in [0.29, 0.717) is 18.6 Å². The second-order valence-electron chi connectivity index (χ2n) is 5.27. The van der Waals surface area contributed by atoms with Crippen molar-refractivity contribution in [3.8, 4) is 0 Å². The van der Waals surface area contributed by atoms with E-state index in [0.717, 1.165) is 6.07 Å². The van der Waals surface area contributed by atoms with Crippen molar-refractivity contribution >= 4 is 0 Å². The molecule has 102 valence electrons. The monoisotopic (exact) mass is 258 g/mol. The van der Waals surface area contributed by atoms with Gasteiger partial charge >= 0.3 is 0 Å². The number of benzene rings is 1. The van der Waals surface area contributed by atoms with E-state index in [4.69, 9.17) is 10.6 Å². The minimum absolute atomic E-state index is 0.189. The molecule has 0 radical (unpaired) electrons. The highest BCUT2D eigenvalue weighted by Gasteiger charge is 2.15. The molecule has 18 heavy (non-hydrogen) atoms. The van der Waals surface area contributed by atoms with Crippen molar-refractivity contribution in [3.63, 3.8) is 0 Å². The number of nitrogens with two attached hydrogens (primary N) is 1. The minimum atomic E-state index is -0.586. The van der Waals surface area contributed by atoms with Crippen LogP contribution in [0.2, 0.25) is 0 Å². The van der Waals surface area contributed by atoms with Crippen LogP contribution in [0.15, 0.2) is 18.2 Å². The van der Waals surface area contributed by atoms with Crippen molar-refractivity contribution < 1.29 is 13.5 Å². The van der Waals surface area contributed by atoms with Gasteiger partial charge in [0, 0.05) is 12.1 Å². The maximum atomic E-state index is 13.0. The molecule has 0 spiro atoms. The van der Waals surface area contributed by atoms with Crippen LogP contribution in [-0.4, -0.2) is 18.2 Å². The first kappa shape index (κ1) is 15.0. The van der Waals surface area contributed by atoms with Gasteiger partial charge in [0.25, 0.3) is 0 Å². The van der Waals surface area contributed by atoms with Crippen molar-refractivity contribution in [2.75, 3.05) is 6.61 Å². The number of rotatable bonds is 5. The van der Waals surface area contributed by atoms with Crippen LogP contribution in [0.4, 0.5) is 8.78 Å². The summed E-state index contributed by atoms with van der Waals surface area (Å²) < 4.78 is 31.7. The molecule has 1 rings (SSSR count). The molecule has 0 bridgehead atoms. The Morgan fingerprint density at radius 3 is 2.22 bits per heavy atom. The highest BCUT2D eigenvalue weighted by molar-refractivity contribution is 5.18. The summed E-state index contributed by atoms with van der Waals surface area (Å²) in [7, 11) is 0. The van der Waals surface area contributed by atoms with Gasteiger partial charge in [0.15, 0.2) is 0 Å². The van der Waals surface area contributed by atoms with Gasteiger partial charge in [-0.05, 0) is 44.9 Å². The lowest BCUT2D eigenvalue weighted by Gasteiger charge is -2.24. The zero-order chi connectivity index (χ0) is 13.8. The molecule has 0 aliphatic rings. The Labute approximate surface area is 106 Å². The quantitative estimate of drug-likeness (QED) is 0.628. The summed E-state index contributed by atoms with van der Waals surface area (Å²) in [4.78, 5) is 0. The first-order valence-electron chi connectivity index (χ1n) is 5.85. The van der Waals surface area contributed by atoms with Crippen LogP contribution >= 0.6 is 0 Å². The number of hydrogen-bond donors (Lipinski definition) is 2. The van der Waals surface area contributed by atoms with Gasteiger partial charge in [-0.2, -0.15) is 0 Å². The number of halogens is 2. The van der Waals surface area contributed by atoms with Crippen molar-refractivity contribution in [1.82, 2.24) is 5.43 Å².